The van der Waals surface area contributed by atoms with Gasteiger partial charge in [0.25, 0.3) is 0 Å². The number of carbonyl (C=O) groups excluding carboxylic acids is 2. The molecule has 4 nitrogen and oxygen atoms in total. The van der Waals surface area contributed by atoms with Crippen molar-refractivity contribution < 1.29 is 18.7 Å². The van der Waals surface area contributed by atoms with Gasteiger partial charge in [0.1, 0.15) is 12.4 Å². The smallest absolute Gasteiger partial charge is 0.325 e. The van der Waals surface area contributed by atoms with E-state index >= 15 is 0 Å². The molecule has 104 valence electrons. The number of methoxy groups -OCH3 is 1. The van der Waals surface area contributed by atoms with Crippen molar-refractivity contribution in [1.82, 2.24) is 4.90 Å². The van der Waals surface area contributed by atoms with Gasteiger partial charge in [0.15, 0.2) is 0 Å². The van der Waals surface area contributed by atoms with Crippen molar-refractivity contribution in [1.29, 1.82) is 0 Å². The van der Waals surface area contributed by atoms with Crippen LogP contribution in [0.25, 0.3) is 0 Å². The Labute approximate surface area is 112 Å². The molecule has 1 rings (SSSR count). The SMILES string of the molecule is COC(=O)CN(C(=O)Cc1ccccc1F)C(C)C. The molecule has 0 N–H and O–H groups in total. The first-order valence-corrected chi connectivity index (χ1v) is 6.05. The van der Waals surface area contributed by atoms with E-state index in [0.717, 1.165) is 0 Å². The Morgan fingerprint density at radius 3 is 2.47 bits per heavy atom. The summed E-state index contributed by atoms with van der Waals surface area (Å²) in [7, 11) is 1.27. The molecule has 0 spiro atoms. The highest BCUT2D eigenvalue weighted by Gasteiger charge is 2.21. The lowest BCUT2D eigenvalue weighted by molar-refractivity contribution is -0.148. The van der Waals surface area contributed by atoms with Crippen LogP contribution in [0.4, 0.5) is 4.39 Å². The van der Waals surface area contributed by atoms with Crippen molar-refractivity contribution in [2.45, 2.75) is 26.3 Å². The quantitative estimate of drug-likeness (QED) is 0.764. The normalized spacial score (nSPS) is 10.4. The summed E-state index contributed by atoms with van der Waals surface area (Å²) in [5.74, 6) is -1.21. The summed E-state index contributed by atoms with van der Waals surface area (Å²) in [6.45, 7) is 3.46. The number of benzene rings is 1. The molecule has 5 heteroatoms. The molecule has 0 saturated heterocycles. The maximum Gasteiger partial charge on any atom is 0.325 e. The molecule has 19 heavy (non-hydrogen) atoms. The fourth-order valence-corrected chi connectivity index (χ4v) is 1.67. The van der Waals surface area contributed by atoms with E-state index in [9.17, 15) is 14.0 Å². The monoisotopic (exact) mass is 267 g/mol. The van der Waals surface area contributed by atoms with E-state index in [1.165, 1.54) is 18.1 Å². The van der Waals surface area contributed by atoms with E-state index in [4.69, 9.17) is 0 Å². The van der Waals surface area contributed by atoms with Gasteiger partial charge in [-0.2, -0.15) is 0 Å². The topological polar surface area (TPSA) is 46.6 Å². The first kappa shape index (κ1) is 15.1. The van der Waals surface area contributed by atoms with E-state index in [1.807, 2.05) is 0 Å². The van der Waals surface area contributed by atoms with Gasteiger partial charge in [-0.1, -0.05) is 18.2 Å². The molecule has 0 radical (unpaired) electrons. The number of amides is 1. The van der Waals surface area contributed by atoms with Crippen LogP contribution in [0.3, 0.4) is 0 Å². The highest BCUT2D eigenvalue weighted by atomic mass is 19.1. The summed E-state index contributed by atoms with van der Waals surface area (Å²) in [5.41, 5.74) is 0.322. The second-order valence-electron chi connectivity index (χ2n) is 4.46. The summed E-state index contributed by atoms with van der Waals surface area (Å²) in [6.07, 6.45) is -0.0676. The minimum atomic E-state index is -0.490. The van der Waals surface area contributed by atoms with E-state index in [0.29, 0.717) is 5.56 Å². The van der Waals surface area contributed by atoms with Crippen LogP contribution in [0.15, 0.2) is 24.3 Å². The largest absolute Gasteiger partial charge is 0.468 e. The van der Waals surface area contributed by atoms with Gasteiger partial charge in [0, 0.05) is 6.04 Å². The Hall–Kier alpha value is -1.91. The summed E-state index contributed by atoms with van der Waals surface area (Å²) < 4.78 is 18.0. The average Bonchev–Trinajstić information content (AvgIpc) is 2.37. The lowest BCUT2D eigenvalue weighted by Crippen LogP contribution is -2.42. The van der Waals surface area contributed by atoms with Crippen LogP contribution in [-0.2, 0) is 20.7 Å². The van der Waals surface area contributed by atoms with Crippen LogP contribution in [-0.4, -0.2) is 36.5 Å². The number of rotatable bonds is 5. The number of esters is 1. The Kier molecular flexibility index (Phi) is 5.48. The van der Waals surface area contributed by atoms with E-state index < -0.39 is 11.8 Å². The minimum Gasteiger partial charge on any atom is -0.468 e. The number of carbonyl (C=O) groups is 2. The number of ether oxygens (including phenoxy) is 1. The minimum absolute atomic E-state index is 0.0676. The third-order valence-electron chi connectivity index (χ3n) is 2.77. The van der Waals surface area contributed by atoms with Crippen molar-refractivity contribution in [2.24, 2.45) is 0 Å². The Morgan fingerprint density at radius 2 is 1.95 bits per heavy atom. The molecular formula is C14H18FNO3. The molecule has 0 aliphatic heterocycles. The predicted molar refractivity (Wildman–Crippen MR) is 69.0 cm³/mol. The molecule has 1 aromatic rings. The number of nitrogens with zero attached hydrogens (tertiary/aromatic N) is 1. The van der Waals surface area contributed by atoms with Crippen molar-refractivity contribution in [3.8, 4) is 0 Å². The zero-order valence-electron chi connectivity index (χ0n) is 11.4. The van der Waals surface area contributed by atoms with Gasteiger partial charge in [0.2, 0.25) is 5.91 Å². The molecule has 1 amide bonds. The van der Waals surface area contributed by atoms with Gasteiger partial charge in [-0.15, -0.1) is 0 Å². The van der Waals surface area contributed by atoms with Crippen LogP contribution in [0.1, 0.15) is 19.4 Å². The van der Waals surface area contributed by atoms with Gasteiger partial charge < -0.3 is 9.64 Å². The van der Waals surface area contributed by atoms with Crippen LogP contribution in [0, 0.1) is 5.82 Å². The lowest BCUT2D eigenvalue weighted by atomic mass is 10.1. The van der Waals surface area contributed by atoms with E-state index in [-0.39, 0.29) is 24.9 Å². The number of hydrogen-bond donors (Lipinski definition) is 0. The van der Waals surface area contributed by atoms with Gasteiger partial charge >= 0.3 is 5.97 Å². The Balaban J connectivity index is 2.78. The third kappa shape index (κ3) is 4.35. The Morgan fingerprint density at radius 1 is 1.32 bits per heavy atom. The molecular weight excluding hydrogens is 249 g/mol. The number of hydrogen-bond acceptors (Lipinski definition) is 3. The molecule has 0 saturated carbocycles. The molecule has 0 fully saturated rings. The molecule has 0 bridgehead atoms. The van der Waals surface area contributed by atoms with E-state index in [2.05, 4.69) is 4.74 Å². The molecule has 0 unspecified atom stereocenters. The zero-order valence-corrected chi connectivity index (χ0v) is 11.4. The van der Waals surface area contributed by atoms with Crippen molar-refractivity contribution in [3.05, 3.63) is 35.6 Å². The second kappa shape index (κ2) is 6.87. The van der Waals surface area contributed by atoms with Gasteiger partial charge in [-0.25, -0.2) is 4.39 Å². The predicted octanol–water partition coefficient (Wildman–Crippen LogP) is 1.78. The van der Waals surface area contributed by atoms with Crippen LogP contribution >= 0.6 is 0 Å². The highest BCUT2D eigenvalue weighted by Crippen LogP contribution is 2.10. The van der Waals surface area contributed by atoms with Crippen molar-refractivity contribution >= 4 is 11.9 Å². The van der Waals surface area contributed by atoms with Crippen molar-refractivity contribution in [2.75, 3.05) is 13.7 Å². The molecule has 0 aromatic heterocycles. The first-order chi connectivity index (χ1) is 8.95. The second-order valence-corrected chi connectivity index (χ2v) is 4.46. The molecule has 0 heterocycles. The summed E-state index contributed by atoms with van der Waals surface area (Å²) in [4.78, 5) is 24.7. The van der Waals surface area contributed by atoms with Crippen LogP contribution in [0.2, 0.25) is 0 Å². The summed E-state index contributed by atoms with van der Waals surface area (Å²) in [5, 5.41) is 0. The summed E-state index contributed by atoms with van der Waals surface area (Å²) >= 11 is 0. The Bertz CT molecular complexity index is 460. The highest BCUT2D eigenvalue weighted by molar-refractivity contribution is 5.83. The first-order valence-electron chi connectivity index (χ1n) is 6.05. The van der Waals surface area contributed by atoms with Crippen LogP contribution < -0.4 is 0 Å². The summed E-state index contributed by atoms with van der Waals surface area (Å²) in [6, 6.07) is 5.95. The number of halogens is 1. The zero-order chi connectivity index (χ0) is 14.4. The van der Waals surface area contributed by atoms with Gasteiger partial charge in [0.05, 0.1) is 13.5 Å². The fourth-order valence-electron chi connectivity index (χ4n) is 1.67. The van der Waals surface area contributed by atoms with Gasteiger partial charge in [-0.05, 0) is 25.5 Å². The molecule has 0 atom stereocenters. The van der Waals surface area contributed by atoms with E-state index in [1.54, 1.807) is 32.0 Å². The van der Waals surface area contributed by atoms with Crippen molar-refractivity contribution in [3.63, 3.8) is 0 Å². The average molecular weight is 267 g/mol. The molecule has 0 aliphatic carbocycles. The fraction of sp³-hybridized carbons (Fsp3) is 0.429. The maximum atomic E-state index is 13.5. The maximum absolute atomic E-state index is 13.5. The standard InChI is InChI=1S/C14H18FNO3/c1-10(2)16(9-14(18)19-3)13(17)8-11-6-4-5-7-12(11)15/h4-7,10H,8-9H2,1-3H3. The van der Waals surface area contributed by atoms with Crippen LogP contribution in [0.5, 0.6) is 0 Å². The van der Waals surface area contributed by atoms with Gasteiger partial charge in [-0.3, -0.25) is 9.59 Å². The lowest BCUT2D eigenvalue weighted by Gasteiger charge is -2.25. The third-order valence-corrected chi connectivity index (χ3v) is 2.77. The molecule has 0 aliphatic rings. The molecule has 1 aromatic carbocycles.